The first kappa shape index (κ1) is 13.7. The molecule has 0 aromatic rings. The van der Waals surface area contributed by atoms with Gasteiger partial charge in [0.05, 0.1) is 0 Å². The van der Waals surface area contributed by atoms with Crippen molar-refractivity contribution in [2.24, 2.45) is 5.92 Å². The highest BCUT2D eigenvalue weighted by Crippen LogP contribution is 2.22. The van der Waals surface area contributed by atoms with E-state index in [0.29, 0.717) is 5.78 Å². The van der Waals surface area contributed by atoms with Crippen molar-refractivity contribution in [3.05, 3.63) is 0 Å². The number of ketones is 1. The maximum absolute atomic E-state index is 11.7. The number of ether oxygens (including phenoxy) is 2. The number of hydrogen-bond donors (Lipinski definition) is 0. The number of rotatable bonds is 7. The molecule has 0 N–H and O–H groups in total. The Morgan fingerprint density at radius 1 is 1.19 bits per heavy atom. The summed E-state index contributed by atoms with van der Waals surface area (Å²) < 4.78 is 10.4. The van der Waals surface area contributed by atoms with Crippen molar-refractivity contribution in [2.75, 3.05) is 26.9 Å². The fourth-order valence-electron chi connectivity index (χ4n) is 2.17. The van der Waals surface area contributed by atoms with E-state index in [1.54, 1.807) is 7.11 Å². The second kappa shape index (κ2) is 8.71. The highest BCUT2D eigenvalue weighted by molar-refractivity contribution is 5.81. The second-order valence-electron chi connectivity index (χ2n) is 4.51. The molecule has 1 atom stereocenters. The molecule has 0 aromatic heterocycles. The van der Waals surface area contributed by atoms with E-state index >= 15 is 0 Å². The molecule has 0 aromatic carbocycles. The molecule has 0 amide bonds. The lowest BCUT2D eigenvalue weighted by Gasteiger charge is -2.12. The smallest absolute Gasteiger partial charge is 0.136 e. The fourth-order valence-corrected chi connectivity index (χ4v) is 2.17. The molecule has 94 valence electrons. The van der Waals surface area contributed by atoms with Gasteiger partial charge >= 0.3 is 0 Å². The van der Waals surface area contributed by atoms with Crippen LogP contribution in [0.1, 0.15) is 44.9 Å². The maximum atomic E-state index is 11.7. The summed E-state index contributed by atoms with van der Waals surface area (Å²) in [6, 6.07) is 0. The molecule has 16 heavy (non-hydrogen) atoms. The lowest BCUT2D eigenvalue weighted by molar-refractivity contribution is -0.123. The summed E-state index contributed by atoms with van der Waals surface area (Å²) in [6.07, 6.45) is 7.22. The Balaban J connectivity index is 2.04. The minimum absolute atomic E-state index is 0.268. The van der Waals surface area contributed by atoms with E-state index < -0.39 is 0 Å². The molecule has 0 bridgehead atoms. The molecule has 1 saturated carbocycles. The second-order valence-corrected chi connectivity index (χ2v) is 4.51. The number of hydrogen-bond acceptors (Lipinski definition) is 3. The van der Waals surface area contributed by atoms with Crippen molar-refractivity contribution < 1.29 is 14.3 Å². The van der Waals surface area contributed by atoms with Crippen LogP contribution in [0, 0.1) is 5.92 Å². The Kier molecular flexibility index (Phi) is 7.43. The quantitative estimate of drug-likeness (QED) is 0.496. The van der Waals surface area contributed by atoms with Crippen LogP contribution in [0.2, 0.25) is 0 Å². The Morgan fingerprint density at radius 2 is 2.06 bits per heavy atom. The summed E-state index contributed by atoms with van der Waals surface area (Å²) in [5.41, 5.74) is 0. The first-order valence-electron chi connectivity index (χ1n) is 6.44. The van der Waals surface area contributed by atoms with E-state index in [0.717, 1.165) is 51.9 Å². The van der Waals surface area contributed by atoms with Crippen molar-refractivity contribution >= 4 is 5.78 Å². The zero-order valence-electron chi connectivity index (χ0n) is 10.4. The molecule has 0 aliphatic heterocycles. The monoisotopic (exact) mass is 228 g/mol. The first-order valence-corrected chi connectivity index (χ1v) is 6.44. The molecule has 1 fully saturated rings. The van der Waals surface area contributed by atoms with E-state index in [9.17, 15) is 4.79 Å². The van der Waals surface area contributed by atoms with E-state index in [-0.39, 0.29) is 5.92 Å². The lowest BCUT2D eigenvalue weighted by Crippen LogP contribution is -2.15. The van der Waals surface area contributed by atoms with Gasteiger partial charge in [-0.05, 0) is 25.7 Å². The average Bonchev–Trinajstić information content (AvgIpc) is 2.49. The highest BCUT2D eigenvalue weighted by atomic mass is 16.5. The predicted molar refractivity (Wildman–Crippen MR) is 63.5 cm³/mol. The molecule has 0 heterocycles. The van der Waals surface area contributed by atoms with Crippen LogP contribution < -0.4 is 0 Å². The lowest BCUT2D eigenvalue weighted by atomic mass is 9.96. The number of carbonyl (C=O) groups excluding carboxylic acids is 1. The molecule has 1 unspecified atom stereocenters. The predicted octanol–water partition coefficient (Wildman–Crippen LogP) is 2.58. The SMILES string of the molecule is COCCCOCCC1CCCCCC1=O. The minimum Gasteiger partial charge on any atom is -0.385 e. The summed E-state index contributed by atoms with van der Waals surface area (Å²) >= 11 is 0. The van der Waals surface area contributed by atoms with Gasteiger partial charge in [0.15, 0.2) is 0 Å². The Hall–Kier alpha value is -0.410. The van der Waals surface area contributed by atoms with Crippen LogP contribution in [-0.4, -0.2) is 32.7 Å². The van der Waals surface area contributed by atoms with Crippen molar-refractivity contribution in [1.82, 2.24) is 0 Å². The molecule has 0 radical (unpaired) electrons. The Labute approximate surface area is 98.5 Å². The zero-order chi connectivity index (χ0) is 11.6. The summed E-state index contributed by atoms with van der Waals surface area (Å²) in [6.45, 7) is 2.22. The molecule has 1 aliphatic carbocycles. The molecule has 1 rings (SSSR count). The third kappa shape index (κ3) is 5.61. The summed E-state index contributed by atoms with van der Waals surface area (Å²) in [7, 11) is 1.70. The molecule has 0 saturated heterocycles. The van der Waals surface area contributed by atoms with E-state index in [1.165, 1.54) is 12.8 Å². The van der Waals surface area contributed by atoms with Gasteiger partial charge in [0.2, 0.25) is 0 Å². The van der Waals surface area contributed by atoms with Gasteiger partial charge in [-0.25, -0.2) is 0 Å². The van der Waals surface area contributed by atoms with Gasteiger partial charge in [-0.2, -0.15) is 0 Å². The molecule has 1 aliphatic rings. The normalized spacial score (nSPS) is 22.1. The largest absolute Gasteiger partial charge is 0.385 e. The minimum atomic E-state index is 0.268. The fraction of sp³-hybridized carbons (Fsp3) is 0.923. The van der Waals surface area contributed by atoms with E-state index in [1.807, 2.05) is 0 Å². The Morgan fingerprint density at radius 3 is 2.88 bits per heavy atom. The van der Waals surface area contributed by atoms with Crippen LogP contribution >= 0.6 is 0 Å². The van der Waals surface area contributed by atoms with Crippen molar-refractivity contribution in [3.63, 3.8) is 0 Å². The van der Waals surface area contributed by atoms with Crippen LogP contribution in [-0.2, 0) is 14.3 Å². The van der Waals surface area contributed by atoms with Gasteiger partial charge in [-0.3, -0.25) is 4.79 Å². The van der Waals surface area contributed by atoms with Crippen LogP contribution in [0.15, 0.2) is 0 Å². The van der Waals surface area contributed by atoms with Gasteiger partial charge in [0.1, 0.15) is 5.78 Å². The first-order chi connectivity index (χ1) is 7.84. The van der Waals surface area contributed by atoms with E-state index in [2.05, 4.69) is 0 Å². The molecule has 3 nitrogen and oxygen atoms in total. The number of Topliss-reactive ketones (excluding diaryl/α,β-unsaturated/α-hetero) is 1. The molecular weight excluding hydrogens is 204 g/mol. The van der Waals surface area contributed by atoms with E-state index in [4.69, 9.17) is 9.47 Å². The van der Waals surface area contributed by atoms with Gasteiger partial charge in [-0.1, -0.05) is 12.8 Å². The summed E-state index contributed by atoms with van der Waals surface area (Å²) in [4.78, 5) is 11.7. The standard InChI is InChI=1S/C13H24O3/c1-15-9-5-10-16-11-8-12-6-3-2-4-7-13(12)14/h12H,2-11H2,1H3. The summed E-state index contributed by atoms with van der Waals surface area (Å²) in [5, 5.41) is 0. The number of carbonyl (C=O) groups is 1. The van der Waals surface area contributed by atoms with Crippen LogP contribution in [0.25, 0.3) is 0 Å². The summed E-state index contributed by atoms with van der Waals surface area (Å²) in [5.74, 6) is 0.725. The Bertz CT molecular complexity index is 192. The van der Waals surface area contributed by atoms with Gasteiger partial charge in [-0.15, -0.1) is 0 Å². The molecule has 3 heteroatoms. The maximum Gasteiger partial charge on any atom is 0.136 e. The van der Waals surface area contributed by atoms with Crippen molar-refractivity contribution in [1.29, 1.82) is 0 Å². The van der Waals surface area contributed by atoms with Gasteiger partial charge in [0, 0.05) is 39.3 Å². The average molecular weight is 228 g/mol. The third-order valence-electron chi connectivity index (χ3n) is 3.18. The molecule has 0 spiro atoms. The van der Waals surface area contributed by atoms with Crippen molar-refractivity contribution in [2.45, 2.75) is 44.9 Å². The van der Waals surface area contributed by atoms with Gasteiger partial charge in [0.25, 0.3) is 0 Å². The van der Waals surface area contributed by atoms with Crippen LogP contribution in [0.5, 0.6) is 0 Å². The molecular formula is C13H24O3. The zero-order valence-corrected chi connectivity index (χ0v) is 10.4. The van der Waals surface area contributed by atoms with Crippen LogP contribution in [0.4, 0.5) is 0 Å². The van der Waals surface area contributed by atoms with Gasteiger partial charge < -0.3 is 9.47 Å². The third-order valence-corrected chi connectivity index (χ3v) is 3.18. The highest BCUT2D eigenvalue weighted by Gasteiger charge is 2.19. The van der Waals surface area contributed by atoms with Crippen molar-refractivity contribution in [3.8, 4) is 0 Å². The number of methoxy groups -OCH3 is 1. The topological polar surface area (TPSA) is 35.5 Å². The van der Waals surface area contributed by atoms with Crippen LogP contribution in [0.3, 0.4) is 0 Å².